The summed E-state index contributed by atoms with van der Waals surface area (Å²) in [4.78, 5) is 14.2. The van der Waals surface area contributed by atoms with Crippen molar-refractivity contribution in [3.05, 3.63) is 12.4 Å². The molecule has 6 nitrogen and oxygen atoms in total. The standard InChI is InChI=1S/C14H24N4O2/c1-11(2)20-8-6-13-5-3-4-7-18(13)14(19)17-12-9-15-16-10-12/h9-11,13H,3-8H2,1-2H3,(H,15,16)(H,17,19). The molecule has 0 bridgehead atoms. The maximum absolute atomic E-state index is 12.3. The van der Waals surface area contributed by atoms with Crippen molar-refractivity contribution >= 4 is 11.7 Å². The van der Waals surface area contributed by atoms with Gasteiger partial charge in [-0.1, -0.05) is 0 Å². The number of amides is 2. The highest BCUT2D eigenvalue weighted by molar-refractivity contribution is 5.89. The van der Waals surface area contributed by atoms with Crippen LogP contribution in [0.3, 0.4) is 0 Å². The number of anilines is 1. The van der Waals surface area contributed by atoms with E-state index in [1.54, 1.807) is 12.4 Å². The molecule has 1 fully saturated rings. The third kappa shape index (κ3) is 4.23. The van der Waals surface area contributed by atoms with E-state index in [9.17, 15) is 4.79 Å². The zero-order valence-electron chi connectivity index (χ0n) is 12.3. The van der Waals surface area contributed by atoms with Crippen LogP contribution in [0.4, 0.5) is 10.5 Å². The van der Waals surface area contributed by atoms with Crippen LogP contribution in [0.1, 0.15) is 39.5 Å². The number of urea groups is 1. The Morgan fingerprint density at radius 3 is 3.15 bits per heavy atom. The molecule has 0 spiro atoms. The summed E-state index contributed by atoms with van der Waals surface area (Å²) in [6.45, 7) is 5.59. The summed E-state index contributed by atoms with van der Waals surface area (Å²) >= 11 is 0. The Bertz CT molecular complexity index is 405. The van der Waals surface area contributed by atoms with Crippen molar-refractivity contribution in [3.8, 4) is 0 Å². The van der Waals surface area contributed by atoms with Gasteiger partial charge in [-0.2, -0.15) is 5.10 Å². The molecule has 2 N–H and O–H groups in total. The molecule has 2 heterocycles. The number of hydrogen-bond donors (Lipinski definition) is 2. The topological polar surface area (TPSA) is 70.2 Å². The fraction of sp³-hybridized carbons (Fsp3) is 0.714. The molecule has 1 aliphatic heterocycles. The third-order valence-electron chi connectivity index (χ3n) is 3.54. The summed E-state index contributed by atoms with van der Waals surface area (Å²) in [6.07, 6.45) is 7.74. The first kappa shape index (κ1) is 14.8. The van der Waals surface area contributed by atoms with Gasteiger partial charge in [-0.05, 0) is 39.5 Å². The normalized spacial score (nSPS) is 19.4. The van der Waals surface area contributed by atoms with Crippen molar-refractivity contribution in [2.75, 3.05) is 18.5 Å². The number of carbonyl (C=O) groups is 1. The minimum Gasteiger partial charge on any atom is -0.379 e. The number of rotatable bonds is 5. The summed E-state index contributed by atoms with van der Waals surface area (Å²) < 4.78 is 5.61. The molecular weight excluding hydrogens is 256 g/mol. The fourth-order valence-corrected chi connectivity index (χ4v) is 2.52. The van der Waals surface area contributed by atoms with Gasteiger partial charge in [-0.15, -0.1) is 0 Å². The number of carbonyl (C=O) groups excluding carboxylic acids is 1. The molecule has 1 saturated heterocycles. The Hall–Kier alpha value is -1.56. The Labute approximate surface area is 119 Å². The van der Waals surface area contributed by atoms with Crippen molar-refractivity contribution < 1.29 is 9.53 Å². The Kier molecular flexibility index (Phi) is 5.40. The average Bonchev–Trinajstić information content (AvgIpc) is 2.91. The van der Waals surface area contributed by atoms with Crippen molar-refractivity contribution in [3.63, 3.8) is 0 Å². The zero-order valence-corrected chi connectivity index (χ0v) is 12.3. The average molecular weight is 280 g/mol. The molecule has 1 atom stereocenters. The smallest absolute Gasteiger partial charge is 0.322 e. The number of ether oxygens (including phenoxy) is 1. The highest BCUT2D eigenvalue weighted by atomic mass is 16.5. The molecular formula is C14H24N4O2. The predicted octanol–water partition coefficient (Wildman–Crippen LogP) is 2.61. The van der Waals surface area contributed by atoms with E-state index in [-0.39, 0.29) is 18.2 Å². The van der Waals surface area contributed by atoms with Gasteiger partial charge in [-0.3, -0.25) is 5.10 Å². The van der Waals surface area contributed by atoms with Crippen LogP contribution in [0.5, 0.6) is 0 Å². The lowest BCUT2D eigenvalue weighted by molar-refractivity contribution is 0.0566. The number of nitrogens with one attached hydrogen (secondary N) is 2. The van der Waals surface area contributed by atoms with E-state index in [4.69, 9.17) is 4.74 Å². The van der Waals surface area contributed by atoms with Gasteiger partial charge in [0.15, 0.2) is 0 Å². The number of H-pyrrole nitrogens is 1. The first-order valence-electron chi connectivity index (χ1n) is 7.35. The van der Waals surface area contributed by atoms with Gasteiger partial charge in [0, 0.05) is 25.4 Å². The van der Waals surface area contributed by atoms with Crippen molar-refractivity contribution in [2.45, 2.75) is 51.7 Å². The minimum absolute atomic E-state index is 0.0411. The molecule has 112 valence electrons. The van der Waals surface area contributed by atoms with Crippen molar-refractivity contribution in [1.29, 1.82) is 0 Å². The van der Waals surface area contributed by atoms with E-state index in [2.05, 4.69) is 15.5 Å². The monoisotopic (exact) mass is 280 g/mol. The van der Waals surface area contributed by atoms with Gasteiger partial charge in [0.1, 0.15) is 0 Å². The summed E-state index contributed by atoms with van der Waals surface area (Å²) in [5.74, 6) is 0. The molecule has 1 aromatic rings. The predicted molar refractivity (Wildman–Crippen MR) is 77.7 cm³/mol. The molecule has 0 aliphatic carbocycles. The highest BCUT2D eigenvalue weighted by Crippen LogP contribution is 2.21. The van der Waals surface area contributed by atoms with Crippen LogP contribution in [0.15, 0.2) is 12.4 Å². The van der Waals surface area contributed by atoms with Crippen LogP contribution in [0.25, 0.3) is 0 Å². The summed E-state index contributed by atoms with van der Waals surface area (Å²) in [5, 5.41) is 9.40. The molecule has 1 aliphatic rings. The summed E-state index contributed by atoms with van der Waals surface area (Å²) in [5.41, 5.74) is 0.706. The lowest BCUT2D eigenvalue weighted by Crippen LogP contribution is -2.46. The summed E-state index contributed by atoms with van der Waals surface area (Å²) in [6, 6.07) is 0.232. The van der Waals surface area contributed by atoms with E-state index in [0.717, 1.165) is 25.8 Å². The van der Waals surface area contributed by atoms with Gasteiger partial charge in [0.2, 0.25) is 0 Å². The highest BCUT2D eigenvalue weighted by Gasteiger charge is 2.26. The maximum atomic E-state index is 12.3. The van der Waals surface area contributed by atoms with Gasteiger partial charge >= 0.3 is 6.03 Å². The maximum Gasteiger partial charge on any atom is 0.322 e. The number of aromatic amines is 1. The first-order valence-corrected chi connectivity index (χ1v) is 7.35. The van der Waals surface area contributed by atoms with Crippen molar-refractivity contribution in [2.24, 2.45) is 0 Å². The molecule has 0 saturated carbocycles. The van der Waals surface area contributed by atoms with E-state index in [1.165, 1.54) is 6.42 Å². The molecule has 2 amide bonds. The van der Waals surface area contributed by atoms with Crippen LogP contribution in [0, 0.1) is 0 Å². The summed E-state index contributed by atoms with van der Waals surface area (Å²) in [7, 11) is 0. The van der Waals surface area contributed by atoms with E-state index >= 15 is 0 Å². The van der Waals surface area contributed by atoms with E-state index < -0.39 is 0 Å². The van der Waals surface area contributed by atoms with Crippen molar-refractivity contribution in [1.82, 2.24) is 15.1 Å². The lowest BCUT2D eigenvalue weighted by atomic mass is 10.00. The Morgan fingerprint density at radius 1 is 1.60 bits per heavy atom. The van der Waals surface area contributed by atoms with Gasteiger partial charge in [0.05, 0.1) is 18.0 Å². The number of piperidine rings is 1. The Balaban J connectivity index is 1.87. The number of aromatic nitrogens is 2. The SMILES string of the molecule is CC(C)OCCC1CCCCN1C(=O)Nc1cn[nH]c1. The van der Waals surface area contributed by atoms with Gasteiger partial charge < -0.3 is 15.0 Å². The molecule has 0 radical (unpaired) electrons. The molecule has 6 heteroatoms. The van der Waals surface area contributed by atoms with Gasteiger partial charge in [-0.25, -0.2) is 4.79 Å². The largest absolute Gasteiger partial charge is 0.379 e. The third-order valence-corrected chi connectivity index (χ3v) is 3.54. The molecule has 1 aromatic heterocycles. The fourth-order valence-electron chi connectivity index (χ4n) is 2.52. The number of likely N-dealkylation sites (tertiary alicyclic amines) is 1. The molecule has 0 aromatic carbocycles. The second kappa shape index (κ2) is 7.28. The molecule has 20 heavy (non-hydrogen) atoms. The van der Waals surface area contributed by atoms with Crippen LogP contribution in [-0.2, 0) is 4.74 Å². The molecule has 2 rings (SSSR count). The number of nitrogens with zero attached hydrogens (tertiary/aromatic N) is 2. The van der Waals surface area contributed by atoms with E-state index in [1.807, 2.05) is 18.7 Å². The van der Waals surface area contributed by atoms with E-state index in [0.29, 0.717) is 12.3 Å². The molecule has 1 unspecified atom stereocenters. The zero-order chi connectivity index (χ0) is 14.4. The quantitative estimate of drug-likeness (QED) is 0.871. The first-order chi connectivity index (χ1) is 9.66. The van der Waals surface area contributed by atoms with Gasteiger partial charge in [0.25, 0.3) is 0 Å². The lowest BCUT2D eigenvalue weighted by Gasteiger charge is -2.35. The minimum atomic E-state index is -0.0411. The Morgan fingerprint density at radius 2 is 2.45 bits per heavy atom. The second-order valence-electron chi connectivity index (χ2n) is 5.47. The second-order valence-corrected chi connectivity index (χ2v) is 5.47. The number of hydrogen-bond acceptors (Lipinski definition) is 3. The van der Waals surface area contributed by atoms with Crippen LogP contribution in [-0.4, -0.2) is 46.4 Å². The van der Waals surface area contributed by atoms with Crippen LogP contribution < -0.4 is 5.32 Å². The van der Waals surface area contributed by atoms with Crippen LogP contribution >= 0.6 is 0 Å². The van der Waals surface area contributed by atoms with Crippen LogP contribution in [0.2, 0.25) is 0 Å².